The Morgan fingerprint density at radius 2 is 1.68 bits per heavy atom. The van der Waals surface area contributed by atoms with E-state index in [1.54, 1.807) is 18.2 Å². The molecule has 3 rings (SSSR count). The molecule has 8 nitrogen and oxygen atoms in total. The first-order chi connectivity index (χ1) is 14.6. The first kappa shape index (κ1) is 22.4. The van der Waals surface area contributed by atoms with Gasteiger partial charge in [-0.25, -0.2) is 18.4 Å². The minimum absolute atomic E-state index is 0.0736. The lowest BCUT2D eigenvalue weighted by molar-refractivity contribution is -0.123. The second-order valence-electron chi connectivity index (χ2n) is 7.37. The van der Waals surface area contributed by atoms with Gasteiger partial charge in [0.2, 0.25) is 10.0 Å². The molecule has 0 fully saturated rings. The predicted molar refractivity (Wildman–Crippen MR) is 117 cm³/mol. The summed E-state index contributed by atoms with van der Waals surface area (Å²) in [5.74, 6) is -1.08. The molecule has 1 unspecified atom stereocenters. The molecule has 3 N–H and O–H groups in total. The lowest BCUT2D eigenvalue weighted by atomic mass is 10.0. The van der Waals surface area contributed by atoms with Crippen molar-refractivity contribution in [2.75, 3.05) is 5.32 Å². The van der Waals surface area contributed by atoms with E-state index in [1.165, 1.54) is 31.2 Å². The fraction of sp³-hybridized carbons (Fsp3) is 0.227. The zero-order valence-electron chi connectivity index (χ0n) is 17.3. The van der Waals surface area contributed by atoms with Gasteiger partial charge in [-0.1, -0.05) is 32.0 Å². The van der Waals surface area contributed by atoms with Crippen molar-refractivity contribution in [3.8, 4) is 0 Å². The van der Waals surface area contributed by atoms with Gasteiger partial charge in [-0.05, 0) is 49.2 Å². The maximum absolute atomic E-state index is 12.8. The number of ether oxygens (including phenoxy) is 1. The quantitative estimate of drug-likeness (QED) is 0.565. The van der Waals surface area contributed by atoms with Crippen LogP contribution in [0, 0.1) is 0 Å². The Morgan fingerprint density at radius 3 is 2.29 bits per heavy atom. The zero-order valence-corrected chi connectivity index (χ0v) is 18.1. The number of amides is 1. The highest BCUT2D eigenvalue weighted by Gasteiger charge is 2.22. The zero-order chi connectivity index (χ0) is 22.8. The lowest BCUT2D eigenvalue weighted by Crippen LogP contribution is -2.30. The van der Waals surface area contributed by atoms with Crippen LogP contribution < -0.4 is 10.5 Å². The van der Waals surface area contributed by atoms with E-state index in [2.05, 4.69) is 10.3 Å². The Bertz CT molecular complexity index is 1240. The molecule has 9 heteroatoms. The SMILES string of the molecule is CC(OC(=O)c1cc(C(C)C)nc2ccccc12)C(=O)Nc1ccc(S(N)(=O)=O)cc1. The fourth-order valence-electron chi connectivity index (χ4n) is 2.91. The van der Waals surface area contributed by atoms with Crippen LogP contribution in [-0.4, -0.2) is 31.4 Å². The van der Waals surface area contributed by atoms with E-state index in [-0.39, 0.29) is 10.8 Å². The molecule has 1 aromatic heterocycles. The molecule has 1 heterocycles. The number of primary sulfonamides is 1. The Labute approximate surface area is 180 Å². The topological polar surface area (TPSA) is 128 Å². The smallest absolute Gasteiger partial charge is 0.339 e. The number of rotatable bonds is 6. The number of nitrogens with one attached hydrogen (secondary N) is 1. The molecule has 0 radical (unpaired) electrons. The number of aromatic nitrogens is 1. The van der Waals surface area contributed by atoms with E-state index in [1.807, 2.05) is 26.0 Å². The maximum Gasteiger partial charge on any atom is 0.339 e. The van der Waals surface area contributed by atoms with Crippen LogP contribution in [0.15, 0.2) is 59.5 Å². The first-order valence-corrected chi connectivity index (χ1v) is 11.2. The van der Waals surface area contributed by atoms with E-state index in [0.717, 1.165) is 5.69 Å². The van der Waals surface area contributed by atoms with Gasteiger partial charge in [0, 0.05) is 16.8 Å². The monoisotopic (exact) mass is 441 g/mol. The summed E-state index contributed by atoms with van der Waals surface area (Å²) < 4.78 is 28.0. The number of nitrogens with two attached hydrogens (primary N) is 1. The Morgan fingerprint density at radius 1 is 1.03 bits per heavy atom. The third-order valence-electron chi connectivity index (χ3n) is 4.65. The van der Waals surface area contributed by atoms with Crippen molar-refractivity contribution in [3.05, 3.63) is 65.9 Å². The third kappa shape index (κ3) is 5.25. The molecule has 31 heavy (non-hydrogen) atoms. The van der Waals surface area contributed by atoms with Gasteiger partial charge in [-0.3, -0.25) is 9.78 Å². The summed E-state index contributed by atoms with van der Waals surface area (Å²) in [7, 11) is -3.83. The number of benzene rings is 2. The maximum atomic E-state index is 12.8. The number of hydrogen-bond donors (Lipinski definition) is 2. The number of nitrogens with zero attached hydrogens (tertiary/aromatic N) is 1. The molecule has 0 bridgehead atoms. The molecular formula is C22H23N3O5S. The molecule has 3 aromatic rings. The van der Waals surface area contributed by atoms with Gasteiger partial charge in [0.1, 0.15) is 0 Å². The molecule has 1 amide bonds. The number of hydrogen-bond acceptors (Lipinski definition) is 6. The van der Waals surface area contributed by atoms with Crippen molar-refractivity contribution < 1.29 is 22.7 Å². The number of para-hydroxylation sites is 1. The number of sulfonamides is 1. The van der Waals surface area contributed by atoms with E-state index in [0.29, 0.717) is 22.2 Å². The van der Waals surface area contributed by atoms with Gasteiger partial charge in [0.05, 0.1) is 16.0 Å². The van der Waals surface area contributed by atoms with Crippen molar-refractivity contribution in [3.63, 3.8) is 0 Å². The third-order valence-corrected chi connectivity index (χ3v) is 5.58. The number of fused-ring (bicyclic) bond motifs is 1. The summed E-state index contributed by atoms with van der Waals surface area (Å²) >= 11 is 0. The Hall–Kier alpha value is -3.30. The van der Waals surface area contributed by atoms with Crippen LogP contribution in [0.4, 0.5) is 5.69 Å². The van der Waals surface area contributed by atoms with E-state index >= 15 is 0 Å². The molecule has 2 aromatic carbocycles. The normalized spacial score (nSPS) is 12.5. The Kier molecular flexibility index (Phi) is 6.37. The summed E-state index contributed by atoms with van der Waals surface area (Å²) in [6, 6.07) is 14.3. The number of carbonyl (C=O) groups excluding carboxylic acids is 2. The van der Waals surface area contributed by atoms with Gasteiger partial charge in [-0.2, -0.15) is 0 Å². The van der Waals surface area contributed by atoms with Crippen LogP contribution in [-0.2, 0) is 19.6 Å². The number of esters is 1. The van der Waals surface area contributed by atoms with E-state index in [4.69, 9.17) is 9.88 Å². The predicted octanol–water partition coefficient (Wildman–Crippen LogP) is 3.19. The summed E-state index contributed by atoms with van der Waals surface area (Å²) in [4.78, 5) is 29.8. The Balaban J connectivity index is 1.76. The second kappa shape index (κ2) is 8.83. The molecule has 0 aliphatic heterocycles. The minimum Gasteiger partial charge on any atom is -0.449 e. The van der Waals surface area contributed by atoms with Crippen molar-refractivity contribution in [2.24, 2.45) is 5.14 Å². The molecular weight excluding hydrogens is 418 g/mol. The van der Waals surface area contributed by atoms with E-state index in [9.17, 15) is 18.0 Å². The highest BCUT2D eigenvalue weighted by Crippen LogP contribution is 2.23. The molecule has 1 atom stereocenters. The highest BCUT2D eigenvalue weighted by molar-refractivity contribution is 7.89. The van der Waals surface area contributed by atoms with Crippen LogP contribution in [0.2, 0.25) is 0 Å². The average Bonchev–Trinajstić information content (AvgIpc) is 2.72. The lowest BCUT2D eigenvalue weighted by Gasteiger charge is -2.16. The van der Waals surface area contributed by atoms with Crippen molar-refractivity contribution in [1.82, 2.24) is 4.98 Å². The minimum atomic E-state index is -3.83. The molecule has 0 aliphatic carbocycles. The van der Waals surface area contributed by atoms with Crippen molar-refractivity contribution in [2.45, 2.75) is 37.7 Å². The first-order valence-electron chi connectivity index (χ1n) is 9.60. The van der Waals surface area contributed by atoms with Gasteiger partial charge in [0.15, 0.2) is 6.10 Å². The molecule has 0 saturated carbocycles. The van der Waals surface area contributed by atoms with Crippen LogP contribution in [0.5, 0.6) is 0 Å². The van der Waals surface area contributed by atoms with Gasteiger partial charge < -0.3 is 10.1 Å². The van der Waals surface area contributed by atoms with Crippen LogP contribution >= 0.6 is 0 Å². The second-order valence-corrected chi connectivity index (χ2v) is 8.93. The number of pyridine rings is 1. The van der Waals surface area contributed by atoms with Crippen LogP contribution in [0.25, 0.3) is 10.9 Å². The van der Waals surface area contributed by atoms with Crippen LogP contribution in [0.3, 0.4) is 0 Å². The fourth-order valence-corrected chi connectivity index (χ4v) is 3.43. The summed E-state index contributed by atoms with van der Waals surface area (Å²) in [6.45, 7) is 5.41. The van der Waals surface area contributed by atoms with Gasteiger partial charge in [0.25, 0.3) is 5.91 Å². The number of anilines is 1. The number of carbonyl (C=O) groups is 2. The van der Waals surface area contributed by atoms with Gasteiger partial charge in [-0.15, -0.1) is 0 Å². The molecule has 162 valence electrons. The molecule has 0 spiro atoms. The summed E-state index contributed by atoms with van der Waals surface area (Å²) in [5, 5.41) is 8.28. The van der Waals surface area contributed by atoms with Crippen molar-refractivity contribution in [1.29, 1.82) is 0 Å². The highest BCUT2D eigenvalue weighted by atomic mass is 32.2. The molecule has 0 aliphatic rings. The summed E-state index contributed by atoms with van der Waals surface area (Å²) in [5.41, 5.74) is 2.11. The average molecular weight is 442 g/mol. The standard InChI is InChI=1S/C22H23N3O5S/c1-13(2)20-12-18(17-6-4-5-7-19(17)25-20)22(27)30-14(3)21(26)24-15-8-10-16(11-9-15)31(23,28)29/h4-14H,1-3H3,(H,24,26)(H2,23,28,29). The van der Waals surface area contributed by atoms with Crippen molar-refractivity contribution >= 4 is 38.5 Å². The largest absolute Gasteiger partial charge is 0.449 e. The summed E-state index contributed by atoms with van der Waals surface area (Å²) in [6.07, 6.45) is -1.08. The molecule has 0 saturated heterocycles. The van der Waals surface area contributed by atoms with Crippen LogP contribution in [0.1, 0.15) is 42.7 Å². The van der Waals surface area contributed by atoms with E-state index < -0.39 is 28.0 Å². The van der Waals surface area contributed by atoms with Gasteiger partial charge >= 0.3 is 5.97 Å².